The number of amides is 1. The second-order valence-electron chi connectivity index (χ2n) is 3.09. The van der Waals surface area contributed by atoms with Crippen molar-refractivity contribution in [1.82, 2.24) is 5.48 Å². The Hall–Kier alpha value is -1.07. The number of methoxy groups -OCH3 is 1. The first-order valence-electron chi connectivity index (χ1n) is 4.86. The summed E-state index contributed by atoms with van der Waals surface area (Å²) in [7, 11) is 1.29. The molecule has 16 heavy (non-hydrogen) atoms. The van der Waals surface area contributed by atoms with Crippen LogP contribution >= 0.6 is 15.9 Å². The normalized spacial score (nSPS) is 9.88. The lowest BCUT2D eigenvalue weighted by Gasteiger charge is -2.07. The Labute approximate surface area is 103 Å². The first-order chi connectivity index (χ1) is 7.77. The molecule has 1 rings (SSSR count). The molecule has 0 saturated carbocycles. The molecule has 0 heterocycles. The van der Waals surface area contributed by atoms with Gasteiger partial charge in [-0.15, -0.1) is 0 Å². The van der Waals surface area contributed by atoms with Gasteiger partial charge in [0, 0.05) is 5.33 Å². The molecule has 0 unspecified atom stereocenters. The number of ether oxygens (including phenoxy) is 1. The van der Waals surface area contributed by atoms with E-state index in [1.165, 1.54) is 18.2 Å². The number of nitrogens with one attached hydrogen (secondary N) is 1. The van der Waals surface area contributed by atoms with Crippen LogP contribution in [0.3, 0.4) is 0 Å². The number of hydrogen-bond donors (Lipinski definition) is 1. The van der Waals surface area contributed by atoms with Crippen molar-refractivity contribution in [1.29, 1.82) is 0 Å². The molecule has 0 aliphatic heterocycles. The standard InChI is InChI=1S/C11H14BrNO3/c1-15-11(14)13-16-7-6-9-4-2-3-5-10(9)8-12/h2-5H,6-8H2,1H3,(H,13,14). The van der Waals surface area contributed by atoms with Crippen LogP contribution in [0.5, 0.6) is 0 Å². The number of rotatable bonds is 5. The average Bonchev–Trinajstić information content (AvgIpc) is 2.34. The summed E-state index contributed by atoms with van der Waals surface area (Å²) in [5.74, 6) is 0. The summed E-state index contributed by atoms with van der Waals surface area (Å²) in [5.41, 5.74) is 4.59. The van der Waals surface area contributed by atoms with Crippen LogP contribution in [0.2, 0.25) is 0 Å². The molecule has 0 aliphatic rings. The van der Waals surface area contributed by atoms with Crippen molar-refractivity contribution >= 4 is 22.0 Å². The van der Waals surface area contributed by atoms with Gasteiger partial charge in [-0.05, 0) is 17.5 Å². The molecular weight excluding hydrogens is 274 g/mol. The van der Waals surface area contributed by atoms with Crippen LogP contribution in [-0.4, -0.2) is 19.8 Å². The summed E-state index contributed by atoms with van der Waals surface area (Å²) in [6, 6.07) is 8.07. The van der Waals surface area contributed by atoms with Gasteiger partial charge < -0.3 is 4.74 Å². The maximum absolute atomic E-state index is 10.7. The van der Waals surface area contributed by atoms with E-state index in [2.05, 4.69) is 32.2 Å². The molecule has 0 atom stereocenters. The van der Waals surface area contributed by atoms with Crippen molar-refractivity contribution in [3.05, 3.63) is 35.4 Å². The monoisotopic (exact) mass is 287 g/mol. The summed E-state index contributed by atoms with van der Waals surface area (Å²) >= 11 is 3.42. The third kappa shape index (κ3) is 4.20. The lowest BCUT2D eigenvalue weighted by molar-refractivity contribution is 0.0368. The van der Waals surface area contributed by atoms with Crippen LogP contribution in [0.1, 0.15) is 11.1 Å². The molecule has 1 aromatic carbocycles. The van der Waals surface area contributed by atoms with Gasteiger partial charge in [0.15, 0.2) is 0 Å². The van der Waals surface area contributed by atoms with Crippen LogP contribution in [0.25, 0.3) is 0 Å². The summed E-state index contributed by atoms with van der Waals surface area (Å²) in [4.78, 5) is 15.6. The Kier molecular flexibility index (Phi) is 5.88. The largest absolute Gasteiger partial charge is 0.451 e. The van der Waals surface area contributed by atoms with E-state index < -0.39 is 6.09 Å². The van der Waals surface area contributed by atoms with Gasteiger partial charge in [-0.25, -0.2) is 4.79 Å². The fraction of sp³-hybridized carbons (Fsp3) is 0.364. The zero-order valence-electron chi connectivity index (χ0n) is 9.03. The first kappa shape index (κ1) is 13.0. The summed E-state index contributed by atoms with van der Waals surface area (Å²) in [6.45, 7) is 0.416. The van der Waals surface area contributed by atoms with Crippen LogP contribution in [0, 0.1) is 0 Å². The van der Waals surface area contributed by atoms with Crippen molar-refractivity contribution in [3.63, 3.8) is 0 Å². The van der Waals surface area contributed by atoms with Gasteiger partial charge in [0.25, 0.3) is 0 Å². The highest BCUT2D eigenvalue weighted by Gasteiger charge is 2.01. The van der Waals surface area contributed by atoms with E-state index >= 15 is 0 Å². The lowest BCUT2D eigenvalue weighted by Crippen LogP contribution is -2.24. The molecule has 88 valence electrons. The van der Waals surface area contributed by atoms with Gasteiger partial charge in [0.1, 0.15) is 0 Å². The number of hydrogen-bond acceptors (Lipinski definition) is 3. The molecule has 5 heteroatoms. The molecule has 4 nitrogen and oxygen atoms in total. The fourth-order valence-corrected chi connectivity index (χ4v) is 1.79. The highest BCUT2D eigenvalue weighted by atomic mass is 79.9. The second-order valence-corrected chi connectivity index (χ2v) is 3.66. The topological polar surface area (TPSA) is 47.6 Å². The molecular formula is C11H14BrNO3. The third-order valence-electron chi connectivity index (χ3n) is 2.08. The molecule has 0 saturated heterocycles. The first-order valence-corrected chi connectivity index (χ1v) is 5.98. The molecule has 0 bridgehead atoms. The van der Waals surface area contributed by atoms with Gasteiger partial charge in [-0.3, -0.25) is 4.84 Å². The third-order valence-corrected chi connectivity index (χ3v) is 2.68. The molecule has 0 aliphatic carbocycles. The lowest BCUT2D eigenvalue weighted by atomic mass is 10.1. The molecule has 1 aromatic rings. The van der Waals surface area contributed by atoms with E-state index in [0.717, 1.165) is 11.8 Å². The average molecular weight is 288 g/mol. The maximum atomic E-state index is 10.7. The van der Waals surface area contributed by atoms with E-state index in [0.29, 0.717) is 6.61 Å². The Morgan fingerprint density at radius 2 is 2.06 bits per heavy atom. The van der Waals surface area contributed by atoms with Crippen molar-refractivity contribution in [2.75, 3.05) is 13.7 Å². The summed E-state index contributed by atoms with van der Waals surface area (Å²) in [6.07, 6.45) is 0.153. The van der Waals surface area contributed by atoms with Gasteiger partial charge in [0.2, 0.25) is 0 Å². The Morgan fingerprint density at radius 3 is 2.69 bits per heavy atom. The minimum Gasteiger partial charge on any atom is -0.451 e. The van der Waals surface area contributed by atoms with Gasteiger partial charge in [-0.1, -0.05) is 40.2 Å². The summed E-state index contributed by atoms with van der Waals surface area (Å²) < 4.78 is 4.36. The van der Waals surface area contributed by atoms with Gasteiger partial charge in [-0.2, -0.15) is 5.48 Å². The number of halogens is 1. The van der Waals surface area contributed by atoms with Crippen molar-refractivity contribution in [2.45, 2.75) is 11.8 Å². The van der Waals surface area contributed by atoms with Crippen molar-refractivity contribution in [3.8, 4) is 0 Å². The van der Waals surface area contributed by atoms with E-state index in [-0.39, 0.29) is 0 Å². The minimum atomic E-state index is -0.589. The Balaban J connectivity index is 2.34. The number of benzene rings is 1. The van der Waals surface area contributed by atoms with E-state index in [1.807, 2.05) is 18.2 Å². The molecule has 1 amide bonds. The second kappa shape index (κ2) is 7.24. The Bertz CT molecular complexity index is 344. The molecule has 0 fully saturated rings. The zero-order chi connectivity index (χ0) is 11.8. The Morgan fingerprint density at radius 1 is 1.38 bits per heavy atom. The van der Waals surface area contributed by atoms with Crippen LogP contribution in [0.4, 0.5) is 4.79 Å². The van der Waals surface area contributed by atoms with Gasteiger partial charge in [0.05, 0.1) is 13.7 Å². The smallest absolute Gasteiger partial charge is 0.431 e. The molecule has 0 aromatic heterocycles. The maximum Gasteiger partial charge on any atom is 0.431 e. The highest BCUT2D eigenvalue weighted by molar-refractivity contribution is 9.08. The summed E-state index contributed by atoms with van der Waals surface area (Å²) in [5, 5.41) is 0.813. The molecule has 0 radical (unpaired) electrons. The molecule has 0 spiro atoms. The minimum absolute atomic E-state index is 0.416. The predicted octanol–water partition coefficient (Wildman–Crippen LogP) is 2.41. The van der Waals surface area contributed by atoms with Crippen LogP contribution in [-0.2, 0) is 21.3 Å². The predicted molar refractivity (Wildman–Crippen MR) is 64.3 cm³/mol. The van der Waals surface area contributed by atoms with Gasteiger partial charge >= 0.3 is 6.09 Å². The van der Waals surface area contributed by atoms with Crippen LogP contribution < -0.4 is 5.48 Å². The quantitative estimate of drug-likeness (QED) is 0.514. The fourth-order valence-electron chi connectivity index (χ4n) is 1.24. The van der Waals surface area contributed by atoms with Crippen molar-refractivity contribution < 1.29 is 14.4 Å². The number of alkyl halides is 1. The SMILES string of the molecule is COC(=O)NOCCc1ccccc1CBr. The van der Waals surface area contributed by atoms with E-state index in [9.17, 15) is 4.79 Å². The van der Waals surface area contributed by atoms with E-state index in [4.69, 9.17) is 4.84 Å². The number of hydroxylamine groups is 1. The number of carbonyl (C=O) groups excluding carboxylic acids is 1. The van der Waals surface area contributed by atoms with Crippen molar-refractivity contribution in [2.24, 2.45) is 0 Å². The zero-order valence-corrected chi connectivity index (χ0v) is 10.6. The van der Waals surface area contributed by atoms with Crippen LogP contribution in [0.15, 0.2) is 24.3 Å². The molecule has 1 N–H and O–H groups in total. The highest BCUT2D eigenvalue weighted by Crippen LogP contribution is 2.12. The van der Waals surface area contributed by atoms with E-state index in [1.54, 1.807) is 0 Å². The number of carbonyl (C=O) groups is 1.